The molecule has 0 atom stereocenters. The minimum atomic E-state index is -0.401. The average Bonchev–Trinajstić information content (AvgIpc) is 2.46. The summed E-state index contributed by atoms with van der Waals surface area (Å²) in [4.78, 5) is 25.8. The van der Waals surface area contributed by atoms with Crippen LogP contribution < -0.4 is 10.9 Å². The number of carbonyl (C=O) groups is 1. The molecule has 1 heterocycles. The molecule has 1 N–H and O–H groups in total. The van der Waals surface area contributed by atoms with E-state index in [-0.39, 0.29) is 12.5 Å². The number of hydrogen-bond donors (Lipinski definition) is 1. The Balaban J connectivity index is 2.08. The third-order valence-corrected chi connectivity index (χ3v) is 3.61. The molecule has 0 fully saturated rings. The molecule has 0 unspecified atom stereocenters. The number of amides is 1. The van der Waals surface area contributed by atoms with Gasteiger partial charge in [0.1, 0.15) is 5.58 Å². The first-order chi connectivity index (χ1) is 10.9. The number of aryl methyl sites for hydroxylation is 1. The normalized spacial score (nSPS) is 11.3. The lowest BCUT2D eigenvalue weighted by Crippen LogP contribution is -2.27. The van der Waals surface area contributed by atoms with Gasteiger partial charge in [-0.25, -0.2) is 4.79 Å². The third-order valence-electron chi connectivity index (χ3n) is 3.61. The van der Waals surface area contributed by atoms with Crippen LogP contribution in [-0.4, -0.2) is 31.4 Å². The standard InChI is InChI=1S/C18H18N2O3/c1-11-4-6-14-13-7-5-12(19-17(21)10-20(2)3)9-15(13)18(22)23-16(14)8-11/h4-9H,10H2,1-3H3,(H,19,21). The molecule has 0 saturated heterocycles. The number of nitrogens with zero attached hydrogens (tertiary/aromatic N) is 1. The van der Waals surface area contributed by atoms with Crippen molar-refractivity contribution in [2.45, 2.75) is 6.92 Å². The van der Waals surface area contributed by atoms with E-state index < -0.39 is 5.63 Å². The SMILES string of the molecule is Cc1ccc2c(c1)oc(=O)c1cc(NC(=O)CN(C)C)ccc12. The van der Waals surface area contributed by atoms with E-state index in [0.717, 1.165) is 16.3 Å². The number of benzene rings is 2. The van der Waals surface area contributed by atoms with Crippen LogP contribution in [0.4, 0.5) is 5.69 Å². The van der Waals surface area contributed by atoms with Gasteiger partial charge in [0.2, 0.25) is 5.91 Å². The van der Waals surface area contributed by atoms with Crippen LogP contribution in [0.1, 0.15) is 5.56 Å². The second kappa shape index (κ2) is 5.85. The van der Waals surface area contributed by atoms with Gasteiger partial charge in [0, 0.05) is 16.5 Å². The van der Waals surface area contributed by atoms with E-state index in [2.05, 4.69) is 5.32 Å². The molecule has 23 heavy (non-hydrogen) atoms. The fraction of sp³-hybridized carbons (Fsp3) is 0.222. The number of nitrogens with one attached hydrogen (secondary N) is 1. The summed E-state index contributed by atoms with van der Waals surface area (Å²) >= 11 is 0. The molecule has 2 aromatic carbocycles. The molecule has 5 nitrogen and oxygen atoms in total. The summed E-state index contributed by atoms with van der Waals surface area (Å²) in [5.74, 6) is -0.129. The van der Waals surface area contributed by atoms with E-state index in [1.807, 2.05) is 45.3 Å². The van der Waals surface area contributed by atoms with Gasteiger partial charge in [-0.05, 0) is 44.8 Å². The van der Waals surface area contributed by atoms with Gasteiger partial charge in [0.15, 0.2) is 0 Å². The monoisotopic (exact) mass is 310 g/mol. The molecule has 3 rings (SSSR count). The smallest absolute Gasteiger partial charge is 0.344 e. The van der Waals surface area contributed by atoms with Crippen LogP contribution in [-0.2, 0) is 4.79 Å². The number of fused-ring (bicyclic) bond motifs is 3. The van der Waals surface area contributed by atoms with E-state index in [9.17, 15) is 9.59 Å². The fourth-order valence-electron chi connectivity index (χ4n) is 2.60. The molecule has 118 valence electrons. The third kappa shape index (κ3) is 3.10. The van der Waals surface area contributed by atoms with Crippen LogP contribution >= 0.6 is 0 Å². The Labute approximate surface area is 133 Å². The molecule has 0 aliphatic rings. The molecular formula is C18H18N2O3. The zero-order valence-electron chi connectivity index (χ0n) is 13.3. The maximum Gasteiger partial charge on any atom is 0.344 e. The second-order valence-corrected chi connectivity index (χ2v) is 5.94. The van der Waals surface area contributed by atoms with Gasteiger partial charge in [0.25, 0.3) is 0 Å². The van der Waals surface area contributed by atoms with E-state index in [1.54, 1.807) is 17.0 Å². The quantitative estimate of drug-likeness (QED) is 0.597. The van der Waals surface area contributed by atoms with E-state index in [4.69, 9.17) is 4.42 Å². The predicted molar refractivity (Wildman–Crippen MR) is 91.9 cm³/mol. The summed E-state index contributed by atoms with van der Waals surface area (Å²) in [7, 11) is 3.64. The number of carbonyl (C=O) groups excluding carboxylic acids is 1. The van der Waals surface area contributed by atoms with Crippen molar-refractivity contribution in [3.05, 3.63) is 52.4 Å². The first kappa shape index (κ1) is 15.2. The molecule has 0 bridgehead atoms. The summed E-state index contributed by atoms with van der Waals surface area (Å²) in [5, 5.41) is 4.96. The molecule has 1 aromatic heterocycles. The van der Waals surface area contributed by atoms with Gasteiger partial charge in [-0.1, -0.05) is 18.2 Å². The van der Waals surface area contributed by atoms with Crippen LogP contribution in [0.15, 0.2) is 45.6 Å². The summed E-state index contributed by atoms with van der Waals surface area (Å²) in [5.41, 5.74) is 1.80. The first-order valence-corrected chi connectivity index (χ1v) is 7.36. The minimum Gasteiger partial charge on any atom is -0.422 e. The Kier molecular flexibility index (Phi) is 3.88. The highest BCUT2D eigenvalue weighted by Gasteiger charge is 2.10. The summed E-state index contributed by atoms with van der Waals surface area (Å²) < 4.78 is 5.40. The fourth-order valence-corrected chi connectivity index (χ4v) is 2.60. The molecular weight excluding hydrogens is 292 g/mol. The maximum absolute atomic E-state index is 12.2. The van der Waals surface area contributed by atoms with Gasteiger partial charge in [-0.2, -0.15) is 0 Å². The summed E-state index contributed by atoms with van der Waals surface area (Å²) in [6, 6.07) is 11.1. The Morgan fingerprint density at radius 3 is 2.57 bits per heavy atom. The highest BCUT2D eigenvalue weighted by molar-refractivity contribution is 6.06. The van der Waals surface area contributed by atoms with Gasteiger partial charge >= 0.3 is 5.63 Å². The van der Waals surface area contributed by atoms with Crippen molar-refractivity contribution < 1.29 is 9.21 Å². The highest BCUT2D eigenvalue weighted by Crippen LogP contribution is 2.25. The van der Waals surface area contributed by atoms with Crippen LogP contribution in [0.5, 0.6) is 0 Å². The molecule has 0 spiro atoms. The molecule has 3 aromatic rings. The van der Waals surface area contributed by atoms with Crippen LogP contribution in [0.3, 0.4) is 0 Å². The van der Waals surface area contributed by atoms with Crippen molar-refractivity contribution in [3.8, 4) is 0 Å². The molecule has 1 amide bonds. The lowest BCUT2D eigenvalue weighted by Gasteiger charge is -2.11. The number of rotatable bonds is 3. The largest absolute Gasteiger partial charge is 0.422 e. The van der Waals surface area contributed by atoms with Crippen molar-refractivity contribution in [1.29, 1.82) is 0 Å². The van der Waals surface area contributed by atoms with E-state index in [1.165, 1.54) is 0 Å². The summed E-state index contributed by atoms with van der Waals surface area (Å²) in [6.45, 7) is 2.23. The second-order valence-electron chi connectivity index (χ2n) is 5.94. The average molecular weight is 310 g/mol. The molecule has 0 aliphatic carbocycles. The zero-order valence-corrected chi connectivity index (χ0v) is 13.3. The Morgan fingerprint density at radius 2 is 1.83 bits per heavy atom. The summed E-state index contributed by atoms with van der Waals surface area (Å²) in [6.07, 6.45) is 0. The van der Waals surface area contributed by atoms with Crippen molar-refractivity contribution >= 4 is 33.3 Å². The van der Waals surface area contributed by atoms with Crippen LogP contribution in [0.25, 0.3) is 21.7 Å². The van der Waals surface area contributed by atoms with Crippen molar-refractivity contribution in [2.75, 3.05) is 26.0 Å². The number of likely N-dealkylation sites (N-methyl/N-ethyl adjacent to an activating group) is 1. The molecule has 5 heteroatoms. The van der Waals surface area contributed by atoms with Gasteiger partial charge in [0.05, 0.1) is 11.9 Å². The Morgan fingerprint density at radius 1 is 1.09 bits per heavy atom. The topological polar surface area (TPSA) is 62.6 Å². The highest BCUT2D eigenvalue weighted by atomic mass is 16.4. The van der Waals surface area contributed by atoms with E-state index in [0.29, 0.717) is 16.7 Å². The number of hydrogen-bond acceptors (Lipinski definition) is 4. The lowest BCUT2D eigenvalue weighted by molar-refractivity contribution is -0.116. The van der Waals surface area contributed by atoms with Crippen molar-refractivity contribution in [2.24, 2.45) is 0 Å². The molecule has 0 radical (unpaired) electrons. The van der Waals surface area contributed by atoms with Gasteiger partial charge in [-0.15, -0.1) is 0 Å². The maximum atomic E-state index is 12.2. The predicted octanol–water partition coefficient (Wildman–Crippen LogP) is 2.75. The van der Waals surface area contributed by atoms with Crippen molar-refractivity contribution in [3.63, 3.8) is 0 Å². The Bertz CT molecular complexity index is 958. The van der Waals surface area contributed by atoms with Crippen molar-refractivity contribution in [1.82, 2.24) is 4.90 Å². The molecule has 0 aliphatic heterocycles. The van der Waals surface area contributed by atoms with Gasteiger partial charge in [-0.3, -0.25) is 4.79 Å². The first-order valence-electron chi connectivity index (χ1n) is 7.36. The minimum absolute atomic E-state index is 0.129. The zero-order chi connectivity index (χ0) is 16.6. The van der Waals surface area contributed by atoms with Crippen LogP contribution in [0, 0.1) is 6.92 Å². The Hall–Kier alpha value is -2.66. The molecule has 0 saturated carbocycles. The number of anilines is 1. The van der Waals surface area contributed by atoms with E-state index >= 15 is 0 Å². The van der Waals surface area contributed by atoms with Gasteiger partial charge < -0.3 is 14.6 Å². The lowest BCUT2D eigenvalue weighted by atomic mass is 10.1. The van der Waals surface area contributed by atoms with Crippen LogP contribution in [0.2, 0.25) is 0 Å².